The molecule has 1 heterocycles. The molecule has 0 aliphatic rings. The van der Waals surface area contributed by atoms with Crippen molar-refractivity contribution >= 4 is 0 Å². The molecule has 1 rings (SSSR count). The molecule has 0 bridgehead atoms. The van der Waals surface area contributed by atoms with Gasteiger partial charge in [-0.1, -0.05) is 0 Å². The number of aliphatic hydroxyl groups is 1. The largest absolute Gasteiger partial charge is 0.391 e. The third-order valence-corrected chi connectivity index (χ3v) is 2.57. The highest BCUT2D eigenvalue weighted by atomic mass is 16.3. The number of aromatic nitrogens is 1. The zero-order valence-electron chi connectivity index (χ0n) is 9.11. The fraction of sp³-hybridized carbons (Fsp3) is 0.545. The SMILES string of the molecule is Cc1cc(=O)cc(C)n1C(C)C(C)O. The molecule has 78 valence electrons. The summed E-state index contributed by atoms with van der Waals surface area (Å²) in [6.07, 6.45) is -0.421. The molecule has 0 fully saturated rings. The lowest BCUT2D eigenvalue weighted by atomic mass is 10.1. The highest BCUT2D eigenvalue weighted by molar-refractivity contribution is 5.13. The average Bonchev–Trinajstić information content (AvgIpc) is 2.01. The smallest absolute Gasteiger partial charge is 0.182 e. The number of hydrogen-bond acceptors (Lipinski definition) is 2. The summed E-state index contributed by atoms with van der Waals surface area (Å²) in [6.45, 7) is 7.46. The van der Waals surface area contributed by atoms with Gasteiger partial charge in [0.25, 0.3) is 0 Å². The van der Waals surface area contributed by atoms with Crippen LogP contribution in [0, 0.1) is 13.8 Å². The fourth-order valence-electron chi connectivity index (χ4n) is 1.73. The zero-order chi connectivity index (χ0) is 10.9. The van der Waals surface area contributed by atoms with E-state index in [1.54, 1.807) is 19.1 Å². The molecular weight excluding hydrogens is 178 g/mol. The van der Waals surface area contributed by atoms with Crippen molar-refractivity contribution in [2.24, 2.45) is 0 Å². The van der Waals surface area contributed by atoms with Crippen LogP contribution < -0.4 is 5.43 Å². The molecule has 3 heteroatoms. The molecule has 0 aromatic carbocycles. The first-order valence-electron chi connectivity index (χ1n) is 4.81. The summed E-state index contributed by atoms with van der Waals surface area (Å²) in [5.74, 6) is 0. The van der Waals surface area contributed by atoms with Crippen molar-refractivity contribution in [3.63, 3.8) is 0 Å². The topological polar surface area (TPSA) is 42.2 Å². The number of nitrogens with zero attached hydrogens (tertiary/aromatic N) is 1. The Kier molecular flexibility index (Phi) is 3.11. The van der Waals surface area contributed by atoms with Gasteiger partial charge < -0.3 is 9.67 Å². The predicted molar refractivity (Wildman–Crippen MR) is 56.6 cm³/mol. The molecule has 0 aliphatic carbocycles. The summed E-state index contributed by atoms with van der Waals surface area (Å²) in [5.41, 5.74) is 1.81. The molecule has 2 unspecified atom stereocenters. The summed E-state index contributed by atoms with van der Waals surface area (Å²) in [7, 11) is 0. The molecule has 1 aromatic heterocycles. The number of pyridine rings is 1. The Morgan fingerprint density at radius 1 is 1.21 bits per heavy atom. The van der Waals surface area contributed by atoms with Gasteiger partial charge in [0.1, 0.15) is 0 Å². The molecule has 3 nitrogen and oxygen atoms in total. The van der Waals surface area contributed by atoms with Crippen molar-refractivity contribution in [1.82, 2.24) is 4.57 Å². The van der Waals surface area contributed by atoms with Crippen LogP contribution in [-0.2, 0) is 0 Å². The molecule has 14 heavy (non-hydrogen) atoms. The van der Waals surface area contributed by atoms with E-state index in [1.165, 1.54) is 0 Å². The van der Waals surface area contributed by atoms with Crippen LogP contribution in [0.4, 0.5) is 0 Å². The van der Waals surface area contributed by atoms with E-state index < -0.39 is 6.10 Å². The molecule has 1 aromatic rings. The summed E-state index contributed by atoms with van der Waals surface area (Å²) in [6, 6.07) is 3.17. The maximum atomic E-state index is 11.2. The van der Waals surface area contributed by atoms with E-state index in [1.807, 2.05) is 25.3 Å². The Morgan fingerprint density at radius 3 is 2.00 bits per heavy atom. The Morgan fingerprint density at radius 2 is 1.64 bits per heavy atom. The average molecular weight is 195 g/mol. The monoisotopic (exact) mass is 195 g/mol. The minimum atomic E-state index is -0.421. The second-order valence-electron chi connectivity index (χ2n) is 3.83. The predicted octanol–water partition coefficient (Wildman–Crippen LogP) is 1.41. The van der Waals surface area contributed by atoms with Crippen LogP contribution in [0.15, 0.2) is 16.9 Å². The van der Waals surface area contributed by atoms with Gasteiger partial charge in [0, 0.05) is 23.5 Å². The Hall–Kier alpha value is -1.09. The van der Waals surface area contributed by atoms with Crippen molar-refractivity contribution in [3.8, 4) is 0 Å². The number of rotatable bonds is 2. The molecule has 0 radical (unpaired) electrons. The van der Waals surface area contributed by atoms with Crippen LogP contribution >= 0.6 is 0 Å². The lowest BCUT2D eigenvalue weighted by Crippen LogP contribution is -2.23. The molecule has 0 amide bonds. The first kappa shape index (κ1) is 11.0. The molecular formula is C11H17NO2. The van der Waals surface area contributed by atoms with Gasteiger partial charge in [-0.05, 0) is 27.7 Å². The molecule has 0 saturated carbocycles. The van der Waals surface area contributed by atoms with Gasteiger partial charge in [0.15, 0.2) is 5.43 Å². The van der Waals surface area contributed by atoms with Crippen LogP contribution in [0.25, 0.3) is 0 Å². The van der Waals surface area contributed by atoms with E-state index in [9.17, 15) is 9.90 Å². The van der Waals surface area contributed by atoms with E-state index >= 15 is 0 Å². The summed E-state index contributed by atoms with van der Waals surface area (Å²) in [5, 5.41) is 9.49. The van der Waals surface area contributed by atoms with Crippen LogP contribution in [0.2, 0.25) is 0 Å². The summed E-state index contributed by atoms with van der Waals surface area (Å²) < 4.78 is 1.98. The first-order valence-corrected chi connectivity index (χ1v) is 4.81. The fourth-order valence-corrected chi connectivity index (χ4v) is 1.73. The van der Waals surface area contributed by atoms with E-state index in [2.05, 4.69) is 0 Å². The third kappa shape index (κ3) is 2.04. The van der Waals surface area contributed by atoms with Crippen molar-refractivity contribution in [2.75, 3.05) is 0 Å². The van der Waals surface area contributed by atoms with Gasteiger partial charge in [0.05, 0.1) is 12.1 Å². The highest BCUT2D eigenvalue weighted by Crippen LogP contribution is 2.15. The van der Waals surface area contributed by atoms with Gasteiger partial charge >= 0.3 is 0 Å². The number of hydrogen-bond donors (Lipinski definition) is 1. The Bertz CT molecular complexity index is 353. The lowest BCUT2D eigenvalue weighted by Gasteiger charge is -2.23. The van der Waals surface area contributed by atoms with Crippen LogP contribution in [-0.4, -0.2) is 15.8 Å². The van der Waals surface area contributed by atoms with Gasteiger partial charge in [-0.25, -0.2) is 0 Å². The molecule has 0 aliphatic heterocycles. The van der Waals surface area contributed by atoms with Gasteiger partial charge in [-0.2, -0.15) is 0 Å². The van der Waals surface area contributed by atoms with Gasteiger partial charge in [-0.3, -0.25) is 4.79 Å². The second-order valence-corrected chi connectivity index (χ2v) is 3.83. The van der Waals surface area contributed by atoms with E-state index in [0.717, 1.165) is 11.4 Å². The number of aliphatic hydroxyl groups excluding tert-OH is 1. The standard InChI is InChI=1S/C11H17NO2/c1-7-5-11(14)6-8(2)12(7)9(3)10(4)13/h5-6,9-10,13H,1-4H3. The van der Waals surface area contributed by atoms with Crippen LogP contribution in [0.3, 0.4) is 0 Å². The van der Waals surface area contributed by atoms with E-state index in [4.69, 9.17) is 0 Å². The van der Waals surface area contributed by atoms with Crippen molar-refractivity contribution in [1.29, 1.82) is 0 Å². The van der Waals surface area contributed by atoms with Crippen LogP contribution in [0.5, 0.6) is 0 Å². The highest BCUT2D eigenvalue weighted by Gasteiger charge is 2.13. The minimum Gasteiger partial charge on any atom is -0.391 e. The first-order chi connectivity index (χ1) is 6.43. The summed E-state index contributed by atoms with van der Waals surface area (Å²) >= 11 is 0. The quantitative estimate of drug-likeness (QED) is 0.775. The zero-order valence-corrected chi connectivity index (χ0v) is 9.11. The maximum Gasteiger partial charge on any atom is 0.182 e. The second kappa shape index (κ2) is 3.96. The molecule has 0 saturated heterocycles. The Balaban J connectivity index is 3.27. The van der Waals surface area contributed by atoms with E-state index in [-0.39, 0.29) is 11.5 Å². The normalized spacial score (nSPS) is 15.2. The van der Waals surface area contributed by atoms with E-state index in [0.29, 0.717) is 0 Å². The molecule has 2 atom stereocenters. The van der Waals surface area contributed by atoms with Crippen LogP contribution in [0.1, 0.15) is 31.3 Å². The van der Waals surface area contributed by atoms with Crippen molar-refractivity contribution in [3.05, 3.63) is 33.7 Å². The summed E-state index contributed by atoms with van der Waals surface area (Å²) in [4.78, 5) is 11.2. The Labute approximate surface area is 84.0 Å². The third-order valence-electron chi connectivity index (χ3n) is 2.57. The van der Waals surface area contributed by atoms with Gasteiger partial charge in [0.2, 0.25) is 0 Å². The molecule has 1 N–H and O–H groups in total. The molecule has 0 spiro atoms. The van der Waals surface area contributed by atoms with Gasteiger partial charge in [-0.15, -0.1) is 0 Å². The number of aryl methyl sites for hydroxylation is 2. The van der Waals surface area contributed by atoms with Crippen molar-refractivity contribution < 1.29 is 5.11 Å². The lowest BCUT2D eigenvalue weighted by molar-refractivity contribution is 0.136. The maximum absolute atomic E-state index is 11.2. The minimum absolute atomic E-state index is 0.00407. The van der Waals surface area contributed by atoms with Crippen molar-refractivity contribution in [2.45, 2.75) is 39.8 Å².